The molecule has 23 heavy (non-hydrogen) atoms. The highest BCUT2D eigenvalue weighted by Crippen LogP contribution is 2.26. The van der Waals surface area contributed by atoms with Gasteiger partial charge in [-0.25, -0.2) is 14.4 Å². The number of aromatic nitrogens is 3. The minimum Gasteiger partial charge on any atom is -0.254 e. The Labute approximate surface area is 138 Å². The normalized spacial score (nSPS) is 11.8. The van der Waals surface area contributed by atoms with E-state index in [1.54, 1.807) is 18.5 Å². The largest absolute Gasteiger partial charge is 0.254 e. The number of nitrogens with zero attached hydrogens (tertiary/aromatic N) is 3. The summed E-state index contributed by atoms with van der Waals surface area (Å²) in [6.45, 7) is 1.45. The number of hydrogen-bond acceptors (Lipinski definition) is 4. The van der Waals surface area contributed by atoms with Crippen LogP contribution in [0.25, 0.3) is 22.2 Å². The molecule has 0 saturated carbocycles. The maximum atomic E-state index is 12.7. The van der Waals surface area contributed by atoms with E-state index in [9.17, 15) is 4.39 Å². The molecular weight excluding hydrogens is 309 g/mol. The zero-order chi connectivity index (χ0) is 16.1. The third-order valence-corrected chi connectivity index (χ3v) is 4.22. The summed E-state index contributed by atoms with van der Waals surface area (Å²) in [4.78, 5) is 13.3. The van der Waals surface area contributed by atoms with Gasteiger partial charge in [0.05, 0.1) is 17.2 Å². The lowest BCUT2D eigenvalue weighted by atomic mass is 10.1. The fraction of sp³-hybridized carbons (Fsp3) is 0.167. The summed E-state index contributed by atoms with van der Waals surface area (Å²) in [6.07, 6.45) is 5.77. The predicted molar refractivity (Wildman–Crippen MR) is 93.0 cm³/mol. The highest BCUT2D eigenvalue weighted by Gasteiger charge is 2.08. The van der Waals surface area contributed by atoms with Crippen LogP contribution in [0.1, 0.15) is 13.3 Å². The smallest absolute Gasteiger partial charge is 0.188 e. The van der Waals surface area contributed by atoms with E-state index in [1.165, 1.54) is 18.7 Å². The molecule has 3 nitrogen and oxygen atoms in total. The van der Waals surface area contributed by atoms with Crippen LogP contribution in [0.2, 0.25) is 0 Å². The van der Waals surface area contributed by atoms with Gasteiger partial charge in [-0.15, -0.1) is 0 Å². The molecule has 116 valence electrons. The molecule has 0 spiro atoms. The molecule has 3 rings (SSSR count). The second kappa shape index (κ2) is 7.33. The molecule has 0 bridgehead atoms. The monoisotopic (exact) mass is 325 g/mol. The Hall–Kier alpha value is -2.27. The van der Waals surface area contributed by atoms with Crippen molar-refractivity contribution in [2.24, 2.45) is 0 Å². The van der Waals surface area contributed by atoms with Crippen LogP contribution >= 0.6 is 11.8 Å². The third-order valence-electron chi connectivity index (χ3n) is 3.32. The van der Waals surface area contributed by atoms with E-state index in [-0.39, 0.29) is 5.83 Å². The van der Waals surface area contributed by atoms with Crippen molar-refractivity contribution in [1.82, 2.24) is 15.0 Å². The van der Waals surface area contributed by atoms with E-state index in [0.29, 0.717) is 11.6 Å². The number of pyridine rings is 1. The second-order valence-corrected chi connectivity index (χ2v) is 6.10. The molecule has 0 unspecified atom stereocenters. The van der Waals surface area contributed by atoms with Gasteiger partial charge in [0.15, 0.2) is 5.16 Å². The summed E-state index contributed by atoms with van der Waals surface area (Å²) in [5.41, 5.74) is 1.66. The fourth-order valence-electron chi connectivity index (χ4n) is 2.27. The highest BCUT2D eigenvalue weighted by molar-refractivity contribution is 7.99. The van der Waals surface area contributed by atoms with Gasteiger partial charge in [0.2, 0.25) is 0 Å². The van der Waals surface area contributed by atoms with Gasteiger partial charge in [-0.3, -0.25) is 4.98 Å². The molecule has 0 atom stereocenters. The first-order valence-corrected chi connectivity index (χ1v) is 8.35. The van der Waals surface area contributed by atoms with Crippen LogP contribution in [0.5, 0.6) is 0 Å². The van der Waals surface area contributed by atoms with Gasteiger partial charge in [-0.2, -0.15) is 0 Å². The zero-order valence-electron chi connectivity index (χ0n) is 12.7. The van der Waals surface area contributed by atoms with E-state index in [2.05, 4.69) is 21.0 Å². The number of benzene rings is 1. The van der Waals surface area contributed by atoms with Gasteiger partial charge in [-0.05, 0) is 30.9 Å². The average Bonchev–Trinajstić information content (AvgIpc) is 2.58. The minimum atomic E-state index is -0.153. The van der Waals surface area contributed by atoms with Crippen LogP contribution in [-0.2, 0) is 0 Å². The lowest BCUT2D eigenvalue weighted by molar-refractivity contribution is 0.635. The quantitative estimate of drug-likeness (QED) is 0.374. The third kappa shape index (κ3) is 3.93. The number of allylic oxidation sites excluding steroid dienone is 2. The van der Waals surface area contributed by atoms with Crippen molar-refractivity contribution in [1.29, 1.82) is 0 Å². The van der Waals surface area contributed by atoms with Gasteiger partial charge in [0.1, 0.15) is 0 Å². The molecule has 0 fully saturated rings. The molecule has 0 aliphatic rings. The number of halogens is 1. The Morgan fingerprint density at radius 3 is 2.83 bits per heavy atom. The number of rotatable bonds is 5. The first kappa shape index (κ1) is 15.6. The summed E-state index contributed by atoms with van der Waals surface area (Å²) < 4.78 is 12.7. The Bertz CT molecular complexity index is 839. The van der Waals surface area contributed by atoms with E-state index in [0.717, 1.165) is 27.9 Å². The van der Waals surface area contributed by atoms with Gasteiger partial charge in [-0.1, -0.05) is 42.1 Å². The second-order valence-electron chi connectivity index (χ2n) is 5.03. The van der Waals surface area contributed by atoms with Crippen molar-refractivity contribution in [3.8, 4) is 11.4 Å². The van der Waals surface area contributed by atoms with Crippen molar-refractivity contribution in [3.05, 3.63) is 60.7 Å². The molecule has 2 heterocycles. The average molecular weight is 325 g/mol. The van der Waals surface area contributed by atoms with Gasteiger partial charge in [0, 0.05) is 23.5 Å². The maximum absolute atomic E-state index is 12.7. The topological polar surface area (TPSA) is 38.7 Å². The molecule has 0 saturated heterocycles. The van der Waals surface area contributed by atoms with Crippen LogP contribution < -0.4 is 0 Å². The Balaban J connectivity index is 1.85. The van der Waals surface area contributed by atoms with Crippen molar-refractivity contribution in [2.45, 2.75) is 18.5 Å². The van der Waals surface area contributed by atoms with E-state index in [4.69, 9.17) is 0 Å². The lowest BCUT2D eigenvalue weighted by Crippen LogP contribution is -1.93. The van der Waals surface area contributed by atoms with Crippen LogP contribution in [0.15, 0.2) is 65.9 Å². The van der Waals surface area contributed by atoms with Gasteiger partial charge < -0.3 is 0 Å². The van der Waals surface area contributed by atoms with Crippen molar-refractivity contribution in [3.63, 3.8) is 0 Å². The number of fused-ring (bicyclic) bond motifs is 1. The summed E-state index contributed by atoms with van der Waals surface area (Å²) in [5.74, 6) is 0.591. The summed E-state index contributed by atoms with van der Waals surface area (Å²) in [5, 5.41) is 2.89. The summed E-state index contributed by atoms with van der Waals surface area (Å²) >= 11 is 1.52. The number of hydrogen-bond donors (Lipinski definition) is 0. The van der Waals surface area contributed by atoms with Crippen molar-refractivity contribution in [2.75, 3.05) is 5.75 Å². The van der Waals surface area contributed by atoms with Crippen LogP contribution in [0.3, 0.4) is 0 Å². The van der Waals surface area contributed by atoms with E-state index in [1.807, 2.05) is 30.3 Å². The predicted octanol–water partition coefficient (Wildman–Crippen LogP) is 5.05. The minimum absolute atomic E-state index is 0.153. The maximum Gasteiger partial charge on any atom is 0.188 e. The standard InChI is InChI=1S/C18H16FN3S/c1-13(19)5-4-12-23-18-21-11-9-16(22-18)17-15-7-3-2-6-14(15)8-10-20-17/h2-3,5-11H,4,12H2,1H3/b13-5-. The molecule has 0 amide bonds. The number of thioether (sulfide) groups is 1. The van der Waals surface area contributed by atoms with Crippen LogP contribution in [0.4, 0.5) is 4.39 Å². The highest BCUT2D eigenvalue weighted by atomic mass is 32.2. The lowest BCUT2D eigenvalue weighted by Gasteiger charge is -2.06. The van der Waals surface area contributed by atoms with Crippen LogP contribution in [-0.4, -0.2) is 20.7 Å². The Morgan fingerprint density at radius 2 is 1.96 bits per heavy atom. The molecule has 5 heteroatoms. The molecule has 1 aromatic carbocycles. The van der Waals surface area contributed by atoms with Crippen molar-refractivity contribution >= 4 is 22.5 Å². The fourth-order valence-corrected chi connectivity index (χ4v) is 2.99. The molecular formula is C18H16FN3S. The molecule has 3 aromatic rings. The van der Waals surface area contributed by atoms with E-state index >= 15 is 0 Å². The Kier molecular flexibility index (Phi) is 4.98. The molecule has 2 aromatic heterocycles. The first-order valence-electron chi connectivity index (χ1n) is 7.36. The first-order chi connectivity index (χ1) is 11.2. The van der Waals surface area contributed by atoms with Crippen LogP contribution in [0, 0.1) is 0 Å². The SMILES string of the molecule is C/C(F)=C/CCSc1nccc(-c2nccc3ccccc23)n1. The molecule has 0 aliphatic heterocycles. The zero-order valence-corrected chi connectivity index (χ0v) is 13.6. The van der Waals surface area contributed by atoms with E-state index < -0.39 is 0 Å². The molecule has 0 aliphatic carbocycles. The summed E-state index contributed by atoms with van der Waals surface area (Å²) in [6, 6.07) is 12.0. The Morgan fingerprint density at radius 1 is 1.13 bits per heavy atom. The van der Waals surface area contributed by atoms with Gasteiger partial charge >= 0.3 is 0 Å². The van der Waals surface area contributed by atoms with Crippen molar-refractivity contribution < 1.29 is 4.39 Å². The molecule has 0 radical (unpaired) electrons. The summed E-state index contributed by atoms with van der Waals surface area (Å²) in [7, 11) is 0. The van der Waals surface area contributed by atoms with Gasteiger partial charge in [0.25, 0.3) is 0 Å². The molecule has 0 N–H and O–H groups in total.